The van der Waals surface area contributed by atoms with E-state index in [2.05, 4.69) is 15.2 Å². The van der Waals surface area contributed by atoms with Gasteiger partial charge in [-0.2, -0.15) is 0 Å². The molecule has 9 heteroatoms. The predicted molar refractivity (Wildman–Crippen MR) is 104 cm³/mol. The number of halogens is 1. The van der Waals surface area contributed by atoms with Crippen LogP contribution in [0.4, 0.5) is 4.39 Å². The average molecular weight is 404 g/mol. The highest BCUT2D eigenvalue weighted by atomic mass is 32.2. The molecule has 3 aromatic rings. The first-order valence-electron chi connectivity index (χ1n) is 8.69. The van der Waals surface area contributed by atoms with Crippen LogP contribution in [0.2, 0.25) is 0 Å². The van der Waals surface area contributed by atoms with Gasteiger partial charge in [-0.15, -0.1) is 10.2 Å². The first-order valence-corrected chi connectivity index (χ1v) is 9.67. The van der Waals surface area contributed by atoms with E-state index in [1.54, 1.807) is 19.5 Å². The smallest absolute Gasteiger partial charge is 0.191 e. The fraction of sp³-hybridized carbons (Fsp3) is 0.316. The maximum atomic E-state index is 12.9. The molecule has 28 heavy (non-hydrogen) atoms. The Morgan fingerprint density at radius 1 is 1.14 bits per heavy atom. The number of nitrogens with zero attached hydrogens (tertiary/aromatic N) is 4. The van der Waals surface area contributed by atoms with Gasteiger partial charge in [0, 0.05) is 30.8 Å². The Balaban J connectivity index is 1.61. The number of aliphatic hydroxyl groups is 1. The van der Waals surface area contributed by atoms with Gasteiger partial charge in [-0.05, 0) is 36.4 Å². The van der Waals surface area contributed by atoms with Crippen molar-refractivity contribution < 1.29 is 19.0 Å². The lowest BCUT2D eigenvalue weighted by Crippen LogP contribution is -2.20. The van der Waals surface area contributed by atoms with Crippen LogP contribution in [0.25, 0.3) is 11.4 Å². The molecule has 0 aliphatic rings. The third kappa shape index (κ3) is 5.51. The van der Waals surface area contributed by atoms with Crippen molar-refractivity contribution >= 4 is 11.8 Å². The van der Waals surface area contributed by atoms with Crippen molar-refractivity contribution in [1.29, 1.82) is 0 Å². The molecule has 7 nitrogen and oxygen atoms in total. The second-order valence-electron chi connectivity index (χ2n) is 5.92. The van der Waals surface area contributed by atoms with E-state index < -0.39 is 6.10 Å². The minimum atomic E-state index is -0.716. The van der Waals surface area contributed by atoms with Crippen molar-refractivity contribution in [3.8, 4) is 17.1 Å². The van der Waals surface area contributed by atoms with Crippen LogP contribution in [-0.2, 0) is 11.3 Å². The van der Waals surface area contributed by atoms with Crippen molar-refractivity contribution in [2.45, 2.75) is 17.8 Å². The molecule has 0 amide bonds. The third-order valence-corrected chi connectivity index (χ3v) is 4.95. The molecule has 0 fully saturated rings. The minimum absolute atomic E-state index is 0.0993. The van der Waals surface area contributed by atoms with Crippen molar-refractivity contribution in [2.75, 3.05) is 26.1 Å². The van der Waals surface area contributed by atoms with E-state index in [0.29, 0.717) is 29.8 Å². The van der Waals surface area contributed by atoms with E-state index in [4.69, 9.17) is 9.47 Å². The zero-order valence-electron chi connectivity index (χ0n) is 15.4. The molecule has 1 unspecified atom stereocenters. The van der Waals surface area contributed by atoms with E-state index in [9.17, 15) is 9.50 Å². The summed E-state index contributed by atoms with van der Waals surface area (Å²) in [6.45, 7) is 1.20. The highest BCUT2D eigenvalue weighted by Crippen LogP contribution is 2.24. The van der Waals surface area contributed by atoms with Crippen LogP contribution in [-0.4, -0.2) is 57.0 Å². The molecule has 1 atom stereocenters. The number of rotatable bonds is 10. The van der Waals surface area contributed by atoms with Crippen molar-refractivity contribution in [3.63, 3.8) is 0 Å². The van der Waals surface area contributed by atoms with Crippen molar-refractivity contribution in [3.05, 3.63) is 54.6 Å². The number of aromatic nitrogens is 4. The maximum Gasteiger partial charge on any atom is 0.191 e. The summed E-state index contributed by atoms with van der Waals surface area (Å²) in [7, 11) is 1.64. The van der Waals surface area contributed by atoms with E-state index >= 15 is 0 Å². The zero-order chi connectivity index (χ0) is 19.8. The number of thioether (sulfide) groups is 1. The van der Waals surface area contributed by atoms with Crippen LogP contribution >= 0.6 is 11.8 Å². The molecule has 0 saturated carbocycles. The lowest BCUT2D eigenvalue weighted by Gasteiger charge is -2.13. The molecule has 2 aromatic heterocycles. The predicted octanol–water partition coefficient (Wildman–Crippen LogP) is 2.66. The molecule has 0 saturated heterocycles. The van der Waals surface area contributed by atoms with Gasteiger partial charge in [0.25, 0.3) is 0 Å². The molecular weight excluding hydrogens is 383 g/mol. The molecule has 0 aliphatic carbocycles. The molecular formula is C19H21FN4O3S. The van der Waals surface area contributed by atoms with Crippen LogP contribution < -0.4 is 4.74 Å². The summed E-state index contributed by atoms with van der Waals surface area (Å²) in [6.07, 6.45) is 2.69. The fourth-order valence-corrected chi connectivity index (χ4v) is 3.31. The normalized spacial score (nSPS) is 12.1. The van der Waals surface area contributed by atoms with Crippen molar-refractivity contribution in [2.24, 2.45) is 0 Å². The van der Waals surface area contributed by atoms with Gasteiger partial charge in [0.05, 0.1) is 19.3 Å². The van der Waals surface area contributed by atoms with Crippen LogP contribution in [0.15, 0.2) is 53.9 Å². The summed E-state index contributed by atoms with van der Waals surface area (Å²) in [6, 6.07) is 9.42. The lowest BCUT2D eigenvalue weighted by atomic mass is 10.2. The SMILES string of the molecule is COCCn1c(SCC(O)COc2ccc(F)cc2)nnc1-c1ccncc1. The Hall–Kier alpha value is -2.49. The molecule has 0 spiro atoms. The number of aliphatic hydroxyl groups excluding tert-OH is 1. The number of hydrogen-bond acceptors (Lipinski definition) is 7. The van der Waals surface area contributed by atoms with Gasteiger partial charge in [0.2, 0.25) is 0 Å². The largest absolute Gasteiger partial charge is 0.491 e. The number of ether oxygens (including phenoxy) is 2. The number of hydrogen-bond donors (Lipinski definition) is 1. The van der Waals surface area contributed by atoms with Gasteiger partial charge in [-0.3, -0.25) is 9.55 Å². The van der Waals surface area contributed by atoms with Gasteiger partial charge >= 0.3 is 0 Å². The summed E-state index contributed by atoms with van der Waals surface area (Å²) in [5, 5.41) is 19.4. The number of benzene rings is 1. The Bertz CT molecular complexity index is 861. The average Bonchev–Trinajstić information content (AvgIpc) is 3.13. The number of pyridine rings is 1. The summed E-state index contributed by atoms with van der Waals surface area (Å²) in [4.78, 5) is 4.02. The second kappa shape index (κ2) is 10.2. The Kier molecular flexibility index (Phi) is 7.35. The highest BCUT2D eigenvalue weighted by molar-refractivity contribution is 7.99. The van der Waals surface area contributed by atoms with E-state index in [1.807, 2.05) is 16.7 Å². The van der Waals surface area contributed by atoms with Crippen LogP contribution in [0.1, 0.15) is 0 Å². The Labute approximate surface area is 166 Å². The molecule has 3 rings (SSSR count). The molecule has 2 heterocycles. The van der Waals surface area contributed by atoms with Crippen LogP contribution in [0, 0.1) is 5.82 Å². The van der Waals surface area contributed by atoms with Crippen LogP contribution in [0.5, 0.6) is 5.75 Å². The van der Waals surface area contributed by atoms with Gasteiger partial charge in [0.1, 0.15) is 18.2 Å². The summed E-state index contributed by atoms with van der Waals surface area (Å²) in [5.41, 5.74) is 0.908. The zero-order valence-corrected chi connectivity index (χ0v) is 16.2. The Morgan fingerprint density at radius 2 is 1.89 bits per heavy atom. The fourth-order valence-electron chi connectivity index (χ4n) is 2.44. The lowest BCUT2D eigenvalue weighted by molar-refractivity contribution is 0.126. The molecule has 0 radical (unpaired) electrons. The second-order valence-corrected chi connectivity index (χ2v) is 6.90. The van der Waals surface area contributed by atoms with Gasteiger partial charge in [0.15, 0.2) is 11.0 Å². The highest BCUT2D eigenvalue weighted by Gasteiger charge is 2.16. The van der Waals surface area contributed by atoms with E-state index in [0.717, 1.165) is 11.4 Å². The van der Waals surface area contributed by atoms with Crippen LogP contribution in [0.3, 0.4) is 0 Å². The first kappa shape index (κ1) is 20.2. The summed E-state index contributed by atoms with van der Waals surface area (Å²) < 4.78 is 25.5. The van der Waals surface area contributed by atoms with Crippen molar-refractivity contribution in [1.82, 2.24) is 19.7 Å². The monoisotopic (exact) mass is 404 g/mol. The topological polar surface area (TPSA) is 82.3 Å². The van der Waals surface area contributed by atoms with Gasteiger partial charge in [-0.25, -0.2) is 4.39 Å². The standard InChI is InChI=1S/C19H21FN4O3S/c1-26-11-10-24-18(14-6-8-21-9-7-14)22-23-19(24)28-13-16(25)12-27-17-4-2-15(20)3-5-17/h2-9,16,25H,10-13H2,1H3. The molecule has 0 bridgehead atoms. The third-order valence-electron chi connectivity index (χ3n) is 3.84. The summed E-state index contributed by atoms with van der Waals surface area (Å²) in [5.74, 6) is 1.28. The molecule has 148 valence electrons. The number of methoxy groups -OCH3 is 1. The molecule has 0 aliphatic heterocycles. The van der Waals surface area contributed by atoms with E-state index in [-0.39, 0.29) is 12.4 Å². The molecule has 1 aromatic carbocycles. The minimum Gasteiger partial charge on any atom is -0.491 e. The quantitative estimate of drug-likeness (QED) is 0.520. The van der Waals surface area contributed by atoms with E-state index in [1.165, 1.54) is 36.0 Å². The van der Waals surface area contributed by atoms with Gasteiger partial charge in [-0.1, -0.05) is 11.8 Å². The summed E-state index contributed by atoms with van der Waals surface area (Å²) >= 11 is 1.39. The Morgan fingerprint density at radius 3 is 2.61 bits per heavy atom. The first-order chi connectivity index (χ1) is 13.7. The maximum absolute atomic E-state index is 12.9. The van der Waals surface area contributed by atoms with Gasteiger partial charge < -0.3 is 14.6 Å². The molecule has 1 N–H and O–H groups in total.